The molecule has 1 aliphatic rings. The second-order valence-electron chi connectivity index (χ2n) is 4.53. The zero-order chi connectivity index (χ0) is 12.3. The van der Waals surface area contributed by atoms with Crippen molar-refractivity contribution in [2.24, 2.45) is 7.05 Å². The molecule has 0 saturated heterocycles. The summed E-state index contributed by atoms with van der Waals surface area (Å²) < 4.78 is 1.40. The second kappa shape index (κ2) is 5.42. The normalized spacial score (nSPS) is 15.9. The van der Waals surface area contributed by atoms with E-state index in [1.807, 2.05) is 0 Å². The van der Waals surface area contributed by atoms with E-state index in [1.54, 1.807) is 13.1 Å². The highest BCUT2D eigenvalue weighted by molar-refractivity contribution is 5.20. The molecular weight excluding hydrogens is 218 g/mol. The van der Waals surface area contributed by atoms with Crippen LogP contribution in [0.25, 0.3) is 0 Å². The molecule has 1 N–H and O–H groups in total. The van der Waals surface area contributed by atoms with Crippen LogP contribution in [0.3, 0.4) is 0 Å². The molecule has 0 amide bonds. The van der Waals surface area contributed by atoms with Crippen molar-refractivity contribution in [2.75, 3.05) is 19.7 Å². The number of aliphatic hydroxyl groups is 1. The first-order valence-corrected chi connectivity index (χ1v) is 6.10. The maximum absolute atomic E-state index is 11.5. The molecule has 1 aromatic rings. The van der Waals surface area contributed by atoms with Crippen LogP contribution in [0.2, 0.25) is 0 Å². The molecule has 2 heterocycles. The van der Waals surface area contributed by atoms with Gasteiger partial charge in [-0.2, -0.15) is 5.10 Å². The van der Waals surface area contributed by atoms with E-state index in [0.29, 0.717) is 0 Å². The summed E-state index contributed by atoms with van der Waals surface area (Å²) in [6, 6.07) is 1.69. The Morgan fingerprint density at radius 3 is 3.06 bits per heavy atom. The van der Waals surface area contributed by atoms with E-state index in [4.69, 9.17) is 5.11 Å². The van der Waals surface area contributed by atoms with Crippen molar-refractivity contribution in [3.8, 4) is 0 Å². The molecule has 0 aliphatic carbocycles. The van der Waals surface area contributed by atoms with Crippen LogP contribution in [0.4, 0.5) is 0 Å². The molecule has 0 radical (unpaired) electrons. The summed E-state index contributed by atoms with van der Waals surface area (Å²) in [6.45, 7) is 3.04. The van der Waals surface area contributed by atoms with Crippen molar-refractivity contribution in [1.82, 2.24) is 14.7 Å². The van der Waals surface area contributed by atoms with E-state index in [0.717, 1.165) is 50.2 Å². The number of hydrogen-bond acceptors (Lipinski definition) is 4. The van der Waals surface area contributed by atoms with Crippen molar-refractivity contribution in [1.29, 1.82) is 0 Å². The van der Waals surface area contributed by atoms with Gasteiger partial charge in [-0.15, -0.1) is 0 Å². The number of fused-ring (bicyclic) bond motifs is 1. The van der Waals surface area contributed by atoms with Crippen molar-refractivity contribution in [2.45, 2.75) is 25.8 Å². The molecular formula is C12H19N3O2. The topological polar surface area (TPSA) is 58.4 Å². The molecule has 5 nitrogen and oxygen atoms in total. The number of hydrogen-bond donors (Lipinski definition) is 1. The number of aryl methyl sites for hydroxylation is 1. The molecule has 94 valence electrons. The summed E-state index contributed by atoms with van der Waals surface area (Å²) in [6.07, 6.45) is 2.75. The number of unbranched alkanes of at least 4 members (excludes halogenated alkanes) is 1. The zero-order valence-corrected chi connectivity index (χ0v) is 10.2. The van der Waals surface area contributed by atoms with Crippen molar-refractivity contribution >= 4 is 0 Å². The van der Waals surface area contributed by atoms with Crippen LogP contribution in [0.5, 0.6) is 0 Å². The van der Waals surface area contributed by atoms with Crippen LogP contribution in [-0.2, 0) is 20.0 Å². The predicted octanol–water partition coefficient (Wildman–Crippen LogP) is -0.0891. The summed E-state index contributed by atoms with van der Waals surface area (Å²) in [5, 5.41) is 13.0. The van der Waals surface area contributed by atoms with Gasteiger partial charge in [0, 0.05) is 39.2 Å². The van der Waals surface area contributed by atoms with E-state index >= 15 is 0 Å². The van der Waals surface area contributed by atoms with Gasteiger partial charge in [0.05, 0.1) is 5.69 Å². The van der Waals surface area contributed by atoms with Gasteiger partial charge in [-0.05, 0) is 24.9 Å². The molecule has 0 atom stereocenters. The van der Waals surface area contributed by atoms with Crippen LogP contribution in [0.15, 0.2) is 10.9 Å². The molecule has 0 saturated carbocycles. The summed E-state index contributed by atoms with van der Waals surface area (Å²) in [4.78, 5) is 13.8. The molecule has 0 spiro atoms. The largest absolute Gasteiger partial charge is 0.396 e. The maximum atomic E-state index is 11.5. The smallest absolute Gasteiger partial charge is 0.266 e. The molecule has 0 aromatic carbocycles. The quantitative estimate of drug-likeness (QED) is 0.744. The van der Waals surface area contributed by atoms with Crippen LogP contribution in [0, 0.1) is 0 Å². The summed E-state index contributed by atoms with van der Waals surface area (Å²) in [7, 11) is 1.69. The van der Waals surface area contributed by atoms with Crippen LogP contribution >= 0.6 is 0 Å². The molecule has 0 unspecified atom stereocenters. The molecule has 2 rings (SSSR count). The van der Waals surface area contributed by atoms with Gasteiger partial charge >= 0.3 is 0 Å². The van der Waals surface area contributed by atoms with Gasteiger partial charge in [0.2, 0.25) is 0 Å². The Bertz CT molecular complexity index is 442. The Labute approximate surface area is 101 Å². The number of nitrogens with zero attached hydrogens (tertiary/aromatic N) is 3. The van der Waals surface area contributed by atoms with Gasteiger partial charge in [-0.25, -0.2) is 4.68 Å². The minimum absolute atomic E-state index is 0.0408. The summed E-state index contributed by atoms with van der Waals surface area (Å²) in [5.74, 6) is 0. The number of rotatable bonds is 4. The third kappa shape index (κ3) is 2.92. The lowest BCUT2D eigenvalue weighted by Crippen LogP contribution is -2.34. The Balaban J connectivity index is 2.03. The van der Waals surface area contributed by atoms with Gasteiger partial charge in [-0.1, -0.05) is 0 Å². The third-order valence-electron chi connectivity index (χ3n) is 3.20. The Kier molecular flexibility index (Phi) is 3.91. The van der Waals surface area contributed by atoms with E-state index in [2.05, 4.69) is 10.00 Å². The number of aromatic nitrogens is 2. The first-order valence-electron chi connectivity index (χ1n) is 6.10. The lowest BCUT2D eigenvalue weighted by atomic mass is 10.1. The molecule has 0 fully saturated rings. The minimum atomic E-state index is -0.0408. The Hall–Kier alpha value is -1.20. The van der Waals surface area contributed by atoms with Gasteiger partial charge < -0.3 is 5.11 Å². The molecule has 1 aromatic heterocycles. The Morgan fingerprint density at radius 2 is 2.29 bits per heavy atom. The lowest BCUT2D eigenvalue weighted by Gasteiger charge is -2.27. The standard InChI is InChI=1S/C12H19N3O2/c1-14-12(17)8-10-9-15(5-2-3-7-16)6-4-11(10)13-14/h8,16H,2-7,9H2,1H3. The third-order valence-corrected chi connectivity index (χ3v) is 3.20. The fourth-order valence-corrected chi connectivity index (χ4v) is 2.19. The average molecular weight is 237 g/mol. The molecule has 0 bridgehead atoms. The second-order valence-corrected chi connectivity index (χ2v) is 4.53. The van der Waals surface area contributed by atoms with Gasteiger partial charge in [0.25, 0.3) is 5.56 Å². The molecule has 17 heavy (non-hydrogen) atoms. The lowest BCUT2D eigenvalue weighted by molar-refractivity contribution is 0.226. The van der Waals surface area contributed by atoms with Crippen molar-refractivity contribution in [3.63, 3.8) is 0 Å². The monoisotopic (exact) mass is 237 g/mol. The number of aliphatic hydroxyl groups excluding tert-OH is 1. The SMILES string of the molecule is Cn1nc2c(cc1=O)CN(CCCCO)CC2. The predicted molar refractivity (Wildman–Crippen MR) is 64.8 cm³/mol. The van der Waals surface area contributed by atoms with E-state index in [1.165, 1.54) is 4.68 Å². The zero-order valence-electron chi connectivity index (χ0n) is 10.2. The van der Waals surface area contributed by atoms with Gasteiger partial charge in [0.15, 0.2) is 0 Å². The van der Waals surface area contributed by atoms with Gasteiger partial charge in [0.1, 0.15) is 0 Å². The van der Waals surface area contributed by atoms with Crippen molar-refractivity contribution in [3.05, 3.63) is 27.7 Å². The highest BCUT2D eigenvalue weighted by Gasteiger charge is 2.17. The summed E-state index contributed by atoms with van der Waals surface area (Å²) >= 11 is 0. The fraction of sp³-hybridized carbons (Fsp3) is 0.667. The minimum Gasteiger partial charge on any atom is -0.396 e. The van der Waals surface area contributed by atoms with Crippen LogP contribution in [0.1, 0.15) is 24.1 Å². The van der Waals surface area contributed by atoms with E-state index in [9.17, 15) is 4.79 Å². The highest BCUT2D eigenvalue weighted by atomic mass is 16.2. The van der Waals surface area contributed by atoms with E-state index in [-0.39, 0.29) is 12.2 Å². The van der Waals surface area contributed by atoms with E-state index < -0.39 is 0 Å². The van der Waals surface area contributed by atoms with Crippen molar-refractivity contribution < 1.29 is 5.11 Å². The highest BCUT2D eigenvalue weighted by Crippen LogP contribution is 2.15. The average Bonchev–Trinajstić information content (AvgIpc) is 2.31. The molecule has 1 aliphatic heterocycles. The first-order chi connectivity index (χ1) is 8.20. The van der Waals surface area contributed by atoms with Crippen LogP contribution < -0.4 is 5.56 Å². The van der Waals surface area contributed by atoms with Gasteiger partial charge in [-0.3, -0.25) is 9.69 Å². The first kappa shape index (κ1) is 12.3. The fourth-order valence-electron chi connectivity index (χ4n) is 2.19. The summed E-state index contributed by atoms with van der Waals surface area (Å²) in [5.41, 5.74) is 2.06. The van der Waals surface area contributed by atoms with Crippen LogP contribution in [-0.4, -0.2) is 39.5 Å². The Morgan fingerprint density at radius 1 is 1.47 bits per heavy atom. The maximum Gasteiger partial charge on any atom is 0.266 e. The molecule has 5 heteroatoms.